The van der Waals surface area contributed by atoms with E-state index in [9.17, 15) is 9.59 Å². The Morgan fingerprint density at radius 3 is 2.44 bits per heavy atom. The van der Waals surface area contributed by atoms with Crippen LogP contribution < -0.4 is 20.3 Å². The van der Waals surface area contributed by atoms with Crippen molar-refractivity contribution < 1.29 is 18.7 Å². The number of nitrogens with two attached hydrogens (primary N) is 1. The predicted molar refractivity (Wildman–Crippen MR) is 133 cm³/mol. The van der Waals surface area contributed by atoms with Gasteiger partial charge < -0.3 is 24.7 Å². The van der Waals surface area contributed by atoms with Gasteiger partial charge in [0.25, 0.3) is 5.91 Å². The molecule has 0 radical (unpaired) electrons. The van der Waals surface area contributed by atoms with Gasteiger partial charge in [-0.2, -0.15) is 0 Å². The molecule has 3 aromatic rings. The Morgan fingerprint density at radius 2 is 1.79 bits per heavy atom. The maximum absolute atomic E-state index is 13.8. The van der Waals surface area contributed by atoms with E-state index in [1.807, 2.05) is 48.5 Å². The van der Waals surface area contributed by atoms with Gasteiger partial charge in [0.1, 0.15) is 11.5 Å². The number of primary amides is 1. The zero-order valence-electron chi connectivity index (χ0n) is 19.1. The molecule has 34 heavy (non-hydrogen) atoms. The Bertz CT molecular complexity index is 1220. The molecule has 2 aromatic carbocycles. The molecule has 0 saturated carbocycles. The Labute approximate surface area is 198 Å². The van der Waals surface area contributed by atoms with Crippen molar-refractivity contribution in [3.63, 3.8) is 0 Å². The van der Waals surface area contributed by atoms with Gasteiger partial charge in [-0.05, 0) is 61.4 Å². The van der Waals surface area contributed by atoms with Crippen molar-refractivity contribution >= 4 is 23.1 Å². The molecule has 4 rings (SSSR count). The van der Waals surface area contributed by atoms with E-state index in [4.69, 9.17) is 14.9 Å². The average Bonchev–Trinajstić information content (AvgIpc) is 3.53. The van der Waals surface area contributed by atoms with Gasteiger partial charge in [0.2, 0.25) is 5.78 Å². The average molecular weight is 458 g/mol. The molecule has 0 unspecified atom stereocenters. The van der Waals surface area contributed by atoms with Crippen molar-refractivity contribution in [1.29, 1.82) is 0 Å². The number of para-hydroxylation sites is 2. The molecule has 1 amide bonds. The number of anilines is 2. The smallest absolute Gasteiger partial charge is 0.251 e. The van der Waals surface area contributed by atoms with Crippen LogP contribution >= 0.6 is 0 Å². The van der Waals surface area contributed by atoms with Crippen LogP contribution in [0.15, 0.2) is 90.6 Å². The van der Waals surface area contributed by atoms with E-state index < -0.39 is 17.2 Å². The summed E-state index contributed by atoms with van der Waals surface area (Å²) in [6, 6.07) is 18.1. The molecule has 0 aliphatic carbocycles. The molecule has 1 aliphatic rings. The number of ether oxygens (including phenoxy) is 1. The fourth-order valence-electron chi connectivity index (χ4n) is 4.51. The molecule has 0 spiro atoms. The summed E-state index contributed by atoms with van der Waals surface area (Å²) in [5, 5.41) is 0. The van der Waals surface area contributed by atoms with Crippen LogP contribution in [-0.2, 0) is 4.79 Å². The van der Waals surface area contributed by atoms with Crippen LogP contribution in [0, 0.1) is 0 Å². The monoisotopic (exact) mass is 457 g/mol. The second-order valence-corrected chi connectivity index (χ2v) is 7.96. The fourth-order valence-corrected chi connectivity index (χ4v) is 4.51. The maximum atomic E-state index is 13.8. The van der Waals surface area contributed by atoms with Gasteiger partial charge in [-0.3, -0.25) is 9.59 Å². The number of rotatable bonds is 9. The van der Waals surface area contributed by atoms with Gasteiger partial charge in [-0.1, -0.05) is 25.3 Å². The molecule has 174 valence electrons. The highest BCUT2D eigenvalue weighted by Gasteiger charge is 2.54. The van der Waals surface area contributed by atoms with Gasteiger partial charge >= 0.3 is 0 Å². The first kappa shape index (κ1) is 22.9. The number of nitrogens with zero attached hydrogens (tertiary/aromatic N) is 2. The summed E-state index contributed by atoms with van der Waals surface area (Å²) in [5.41, 5.74) is 6.58. The number of furan rings is 1. The Kier molecular flexibility index (Phi) is 6.27. The lowest BCUT2D eigenvalue weighted by atomic mass is 9.87. The van der Waals surface area contributed by atoms with Gasteiger partial charge in [-0.15, -0.1) is 0 Å². The zero-order chi connectivity index (χ0) is 24.3. The molecular weight excluding hydrogens is 430 g/mol. The first-order valence-corrected chi connectivity index (χ1v) is 11.0. The third-order valence-electron chi connectivity index (χ3n) is 6.21. The summed E-state index contributed by atoms with van der Waals surface area (Å²) < 4.78 is 11.1. The quantitative estimate of drug-likeness (QED) is 0.368. The highest BCUT2D eigenvalue weighted by atomic mass is 16.5. The van der Waals surface area contributed by atoms with E-state index in [1.54, 1.807) is 41.4 Å². The van der Waals surface area contributed by atoms with Crippen LogP contribution in [0.4, 0.5) is 11.4 Å². The van der Waals surface area contributed by atoms with Crippen molar-refractivity contribution in [2.45, 2.75) is 18.4 Å². The van der Waals surface area contributed by atoms with Crippen LogP contribution in [0.3, 0.4) is 0 Å². The molecule has 1 aliphatic heterocycles. The Hall–Kier alpha value is -4.26. The highest BCUT2D eigenvalue weighted by molar-refractivity contribution is 6.19. The van der Waals surface area contributed by atoms with Crippen LogP contribution in [0.1, 0.15) is 23.4 Å². The van der Waals surface area contributed by atoms with Crippen LogP contribution in [0.2, 0.25) is 0 Å². The number of Topliss-reactive ketones (excluding diaryl/α,β-unsaturated/α-hetero) is 1. The molecule has 0 bridgehead atoms. The van der Waals surface area contributed by atoms with Crippen LogP contribution in [-0.4, -0.2) is 30.9 Å². The number of carbonyl (C=O) groups excluding carboxylic acids is 2. The van der Waals surface area contributed by atoms with Crippen molar-refractivity contribution in [3.8, 4) is 17.1 Å². The van der Waals surface area contributed by atoms with E-state index in [-0.39, 0.29) is 12.2 Å². The molecule has 1 fully saturated rings. The summed E-state index contributed by atoms with van der Waals surface area (Å²) in [6.45, 7) is 8.14. The normalized spacial score (nSPS) is 17.3. The molecule has 1 saturated heterocycles. The molecule has 2 N–H and O–H groups in total. The van der Waals surface area contributed by atoms with Crippen molar-refractivity contribution in [3.05, 3.63) is 92.0 Å². The number of hydrogen-bond donors (Lipinski definition) is 1. The standard InChI is InChI=1S/C27H27N3O4/c1-4-29(5-2)21-9-6-7-10-22(21)30-18-8-17-27(30,26(28)32)25(31)24-16-15-23(34-24)19-11-13-20(33-3)14-12-19/h4-7,9-16H,1-2,8,17-18H2,3H3,(H2,28,32)/t27-/m1/s1. The first-order valence-electron chi connectivity index (χ1n) is 11.0. The predicted octanol–water partition coefficient (Wildman–Crippen LogP) is 4.76. The number of methoxy groups -OCH3 is 1. The Morgan fingerprint density at radius 1 is 1.09 bits per heavy atom. The lowest BCUT2D eigenvalue weighted by Crippen LogP contribution is -2.59. The van der Waals surface area contributed by atoms with E-state index in [2.05, 4.69) is 13.2 Å². The van der Waals surface area contributed by atoms with Crippen LogP contribution in [0.25, 0.3) is 11.3 Å². The second kappa shape index (κ2) is 9.31. The van der Waals surface area contributed by atoms with E-state index in [0.717, 1.165) is 11.3 Å². The lowest BCUT2D eigenvalue weighted by molar-refractivity contribution is -0.121. The van der Waals surface area contributed by atoms with Gasteiger partial charge in [0.05, 0.1) is 18.5 Å². The van der Waals surface area contributed by atoms with Crippen molar-refractivity contribution in [2.75, 3.05) is 23.5 Å². The number of ketones is 1. The topological polar surface area (TPSA) is 89.0 Å². The molecule has 1 atom stereocenters. The summed E-state index contributed by atoms with van der Waals surface area (Å²) in [7, 11) is 1.59. The van der Waals surface area contributed by atoms with E-state index >= 15 is 0 Å². The van der Waals surface area contributed by atoms with Crippen LogP contribution in [0.5, 0.6) is 5.75 Å². The molecule has 2 heterocycles. The van der Waals surface area contributed by atoms with E-state index in [1.165, 1.54) is 0 Å². The largest absolute Gasteiger partial charge is 0.497 e. The molecular formula is C27H27N3O4. The number of benzene rings is 2. The van der Waals surface area contributed by atoms with E-state index in [0.29, 0.717) is 30.2 Å². The fraction of sp³-hybridized carbons (Fsp3) is 0.185. The van der Waals surface area contributed by atoms with Gasteiger partial charge in [0.15, 0.2) is 11.3 Å². The number of hydrogen-bond acceptors (Lipinski definition) is 6. The summed E-state index contributed by atoms with van der Waals surface area (Å²) in [4.78, 5) is 30.3. The van der Waals surface area contributed by atoms with Crippen molar-refractivity contribution in [2.24, 2.45) is 5.73 Å². The minimum atomic E-state index is -1.57. The SMILES string of the molecule is C=CN(C=C)c1ccccc1N1CCC[C@]1(C(N)=O)C(=O)c1ccc(-c2ccc(OC)cc2)o1. The first-order chi connectivity index (χ1) is 16.5. The Balaban J connectivity index is 1.75. The molecule has 7 nitrogen and oxygen atoms in total. The highest BCUT2D eigenvalue weighted by Crippen LogP contribution is 2.42. The molecule has 1 aromatic heterocycles. The minimum Gasteiger partial charge on any atom is -0.497 e. The third-order valence-corrected chi connectivity index (χ3v) is 6.21. The summed E-state index contributed by atoms with van der Waals surface area (Å²) in [6.07, 6.45) is 4.14. The lowest BCUT2D eigenvalue weighted by Gasteiger charge is -2.37. The number of carbonyl (C=O) groups is 2. The maximum Gasteiger partial charge on any atom is 0.251 e. The molecule has 7 heteroatoms. The van der Waals surface area contributed by atoms with Crippen molar-refractivity contribution in [1.82, 2.24) is 0 Å². The zero-order valence-corrected chi connectivity index (χ0v) is 19.1. The third kappa shape index (κ3) is 3.75. The van der Waals surface area contributed by atoms with Gasteiger partial charge in [-0.25, -0.2) is 0 Å². The number of amides is 1. The summed E-state index contributed by atoms with van der Waals surface area (Å²) in [5.74, 6) is 0.137. The minimum absolute atomic E-state index is 0.0818. The second-order valence-electron chi connectivity index (χ2n) is 7.96. The van der Waals surface area contributed by atoms with Gasteiger partial charge in [0, 0.05) is 24.5 Å². The summed E-state index contributed by atoms with van der Waals surface area (Å²) >= 11 is 0.